The van der Waals surface area contributed by atoms with Crippen LogP contribution >= 0.6 is 0 Å². The van der Waals surface area contributed by atoms with E-state index in [-0.39, 0.29) is 22.1 Å². The molecular weight excluding hydrogens is 424 g/mol. The van der Waals surface area contributed by atoms with Crippen molar-refractivity contribution in [1.29, 1.82) is 0 Å². The van der Waals surface area contributed by atoms with E-state index in [1.54, 1.807) is 17.9 Å². The normalized spacial score (nSPS) is 14.7. The number of carbonyl (C=O) groups is 1. The smallest absolute Gasteiger partial charge is 0.289 e. The number of amides is 1. The second-order valence-corrected chi connectivity index (χ2v) is 10.5. The third kappa shape index (κ3) is 3.90. The Labute approximate surface area is 189 Å². The second-order valence-electron chi connectivity index (χ2n) is 8.86. The number of hydrogen-bond donors (Lipinski definition) is 1. The predicted octanol–water partition coefficient (Wildman–Crippen LogP) is 5.40. The van der Waals surface area contributed by atoms with E-state index in [0.717, 1.165) is 36.0 Å². The number of hydrogen-bond acceptors (Lipinski definition) is 4. The fraction of sp³-hybridized carbons (Fsp3) is 0.400. The third-order valence-corrected chi connectivity index (χ3v) is 7.94. The molecule has 0 saturated carbocycles. The van der Waals surface area contributed by atoms with Crippen LogP contribution in [-0.2, 0) is 10.0 Å². The molecule has 3 aromatic rings. The summed E-state index contributed by atoms with van der Waals surface area (Å²) in [5.74, 6) is 0.0641. The molecule has 0 spiro atoms. The van der Waals surface area contributed by atoms with Gasteiger partial charge in [0.15, 0.2) is 11.3 Å². The van der Waals surface area contributed by atoms with Crippen molar-refractivity contribution < 1.29 is 17.6 Å². The van der Waals surface area contributed by atoms with Crippen LogP contribution in [-0.4, -0.2) is 32.3 Å². The second kappa shape index (κ2) is 8.28. The van der Waals surface area contributed by atoms with Crippen molar-refractivity contribution in [1.82, 2.24) is 4.90 Å². The predicted molar refractivity (Wildman–Crippen MR) is 127 cm³/mol. The van der Waals surface area contributed by atoms with Gasteiger partial charge in [-0.15, -0.1) is 0 Å². The highest BCUT2D eigenvalue weighted by Gasteiger charge is 2.30. The maximum Gasteiger partial charge on any atom is 0.289 e. The van der Waals surface area contributed by atoms with E-state index in [2.05, 4.69) is 4.72 Å². The number of aryl methyl sites for hydroxylation is 4. The van der Waals surface area contributed by atoms with E-state index < -0.39 is 10.0 Å². The molecule has 170 valence electrons. The Morgan fingerprint density at radius 3 is 2.28 bits per heavy atom. The van der Waals surface area contributed by atoms with Crippen LogP contribution in [0.1, 0.15) is 57.6 Å². The van der Waals surface area contributed by atoms with Gasteiger partial charge in [0.25, 0.3) is 15.9 Å². The molecule has 1 saturated heterocycles. The molecule has 1 aliphatic heterocycles. The number of furan rings is 1. The van der Waals surface area contributed by atoms with E-state index in [0.29, 0.717) is 35.3 Å². The highest BCUT2D eigenvalue weighted by atomic mass is 32.2. The Bertz CT molecular complexity index is 1320. The first-order valence-electron chi connectivity index (χ1n) is 11.0. The van der Waals surface area contributed by atoms with Gasteiger partial charge >= 0.3 is 0 Å². The third-order valence-electron chi connectivity index (χ3n) is 6.42. The number of fused-ring (bicyclic) bond motifs is 1. The quantitative estimate of drug-likeness (QED) is 0.572. The molecule has 6 nitrogen and oxygen atoms in total. The topological polar surface area (TPSA) is 79.6 Å². The zero-order valence-electron chi connectivity index (χ0n) is 19.3. The number of nitrogens with zero attached hydrogens (tertiary/aromatic N) is 1. The number of rotatable bonds is 4. The number of piperidine rings is 1. The summed E-state index contributed by atoms with van der Waals surface area (Å²) in [4.78, 5) is 15.0. The zero-order valence-corrected chi connectivity index (χ0v) is 20.1. The summed E-state index contributed by atoms with van der Waals surface area (Å²) in [6, 6.07) is 7.48. The molecule has 7 heteroatoms. The highest BCUT2D eigenvalue weighted by molar-refractivity contribution is 7.93. The number of benzene rings is 2. The van der Waals surface area contributed by atoms with Crippen molar-refractivity contribution in [3.63, 3.8) is 0 Å². The Morgan fingerprint density at radius 2 is 1.62 bits per heavy atom. The minimum absolute atomic E-state index is 0.0910. The fourth-order valence-corrected chi connectivity index (χ4v) is 6.02. The minimum atomic E-state index is -3.95. The molecular formula is C25H30N2O4S. The van der Waals surface area contributed by atoms with Gasteiger partial charge < -0.3 is 9.32 Å². The average Bonchev–Trinajstić information content (AvgIpc) is 3.06. The Hall–Kier alpha value is -2.80. The molecule has 0 aliphatic carbocycles. The van der Waals surface area contributed by atoms with E-state index in [1.807, 2.05) is 45.9 Å². The van der Waals surface area contributed by atoms with Crippen LogP contribution in [0.15, 0.2) is 33.6 Å². The molecule has 0 unspecified atom stereocenters. The Kier molecular flexibility index (Phi) is 5.79. The number of sulfonamides is 1. The lowest BCUT2D eigenvalue weighted by molar-refractivity contribution is 0.0693. The zero-order chi connectivity index (χ0) is 23.2. The molecule has 0 radical (unpaired) electrons. The first-order valence-corrected chi connectivity index (χ1v) is 12.5. The van der Waals surface area contributed by atoms with Crippen LogP contribution in [0.2, 0.25) is 0 Å². The summed E-state index contributed by atoms with van der Waals surface area (Å²) in [5, 5.41) is 0.662. The summed E-state index contributed by atoms with van der Waals surface area (Å²) in [7, 11) is -3.95. The van der Waals surface area contributed by atoms with Gasteiger partial charge in [-0.05, 0) is 82.7 Å². The number of carbonyl (C=O) groups excluding carboxylic acids is 1. The summed E-state index contributed by atoms with van der Waals surface area (Å²) in [5.41, 5.74) is 4.79. The van der Waals surface area contributed by atoms with Crippen molar-refractivity contribution in [2.24, 2.45) is 0 Å². The maximum atomic E-state index is 13.6. The average molecular weight is 455 g/mol. The lowest BCUT2D eigenvalue weighted by Crippen LogP contribution is -2.35. The molecule has 4 rings (SSSR count). The standard InChI is InChI=1S/C25H30N2O4S/c1-15-9-10-21(17(3)13-15)26-32(29,30)24-18(4)16(2)14-20-19(5)22(31-23(20)24)25(28)27-11-7-6-8-12-27/h9-10,13-14,26H,6-8,11-12H2,1-5H3. The van der Waals surface area contributed by atoms with Crippen molar-refractivity contribution in [3.8, 4) is 0 Å². The van der Waals surface area contributed by atoms with Crippen molar-refractivity contribution in [2.75, 3.05) is 17.8 Å². The van der Waals surface area contributed by atoms with Crippen molar-refractivity contribution >= 4 is 32.6 Å². The fourth-order valence-electron chi connectivity index (χ4n) is 4.43. The van der Waals surface area contributed by atoms with Gasteiger partial charge in [-0.2, -0.15) is 0 Å². The van der Waals surface area contributed by atoms with Gasteiger partial charge in [0.2, 0.25) is 0 Å². The molecule has 1 N–H and O–H groups in total. The molecule has 0 atom stereocenters. The Balaban J connectivity index is 1.85. The molecule has 2 heterocycles. The van der Waals surface area contributed by atoms with Gasteiger partial charge in [-0.25, -0.2) is 8.42 Å². The molecule has 2 aromatic carbocycles. The van der Waals surface area contributed by atoms with E-state index in [9.17, 15) is 13.2 Å². The van der Waals surface area contributed by atoms with Crippen LogP contribution in [0.25, 0.3) is 11.0 Å². The van der Waals surface area contributed by atoms with Gasteiger partial charge in [-0.3, -0.25) is 9.52 Å². The van der Waals surface area contributed by atoms with Crippen LogP contribution in [0, 0.1) is 34.6 Å². The lowest BCUT2D eigenvalue weighted by atomic mass is 10.0. The Morgan fingerprint density at radius 1 is 0.938 bits per heavy atom. The van der Waals surface area contributed by atoms with E-state index in [1.165, 1.54) is 0 Å². The molecule has 1 amide bonds. The van der Waals surface area contributed by atoms with Crippen LogP contribution in [0.5, 0.6) is 0 Å². The van der Waals surface area contributed by atoms with Gasteiger partial charge in [0, 0.05) is 24.0 Å². The maximum absolute atomic E-state index is 13.6. The summed E-state index contributed by atoms with van der Waals surface area (Å²) in [6.45, 7) is 10.7. The van der Waals surface area contributed by atoms with E-state index >= 15 is 0 Å². The monoisotopic (exact) mass is 454 g/mol. The van der Waals surface area contributed by atoms with Gasteiger partial charge in [0.05, 0.1) is 5.69 Å². The van der Waals surface area contributed by atoms with Crippen molar-refractivity contribution in [3.05, 3.63) is 57.8 Å². The molecule has 0 bridgehead atoms. The van der Waals surface area contributed by atoms with E-state index in [4.69, 9.17) is 4.42 Å². The largest absolute Gasteiger partial charge is 0.449 e. The lowest BCUT2D eigenvalue weighted by Gasteiger charge is -2.25. The van der Waals surface area contributed by atoms with Crippen LogP contribution < -0.4 is 4.72 Å². The number of nitrogens with one attached hydrogen (secondary N) is 1. The molecule has 1 fully saturated rings. The summed E-state index contributed by atoms with van der Waals surface area (Å²) >= 11 is 0. The SMILES string of the molecule is Cc1ccc(NS(=O)(=O)c2c(C)c(C)cc3c(C)c(C(=O)N4CCCCC4)oc23)c(C)c1. The van der Waals surface area contributed by atoms with Crippen LogP contribution in [0.3, 0.4) is 0 Å². The highest BCUT2D eigenvalue weighted by Crippen LogP contribution is 2.36. The molecule has 32 heavy (non-hydrogen) atoms. The minimum Gasteiger partial charge on any atom is -0.449 e. The van der Waals surface area contributed by atoms with Crippen LogP contribution in [0.4, 0.5) is 5.69 Å². The first kappa shape index (κ1) is 22.4. The summed E-state index contributed by atoms with van der Waals surface area (Å²) < 4.78 is 35.9. The number of likely N-dealkylation sites (tertiary alicyclic amines) is 1. The van der Waals surface area contributed by atoms with Gasteiger partial charge in [0.1, 0.15) is 4.90 Å². The first-order chi connectivity index (χ1) is 15.1. The molecule has 1 aromatic heterocycles. The van der Waals surface area contributed by atoms with Gasteiger partial charge in [-0.1, -0.05) is 17.7 Å². The molecule has 1 aliphatic rings. The summed E-state index contributed by atoms with van der Waals surface area (Å²) in [6.07, 6.45) is 3.07. The number of anilines is 1. The van der Waals surface area contributed by atoms with Crippen molar-refractivity contribution in [2.45, 2.75) is 58.8 Å².